The Bertz CT molecular complexity index is 571. The lowest BCUT2D eigenvalue weighted by molar-refractivity contribution is -0.758. The summed E-state index contributed by atoms with van der Waals surface area (Å²) in [6.45, 7) is 4.57. The Balaban J connectivity index is 2.29. The molecule has 3 heterocycles. The first-order chi connectivity index (χ1) is 8.80. The monoisotopic (exact) mass is 239 g/mol. The van der Waals surface area contributed by atoms with Crippen LogP contribution in [0.3, 0.4) is 0 Å². The first kappa shape index (κ1) is 11.4. The average molecular weight is 239 g/mol. The smallest absolute Gasteiger partial charge is 0.213 e. The fourth-order valence-corrected chi connectivity index (χ4v) is 3.17. The van der Waals surface area contributed by atoms with Gasteiger partial charge in [0.05, 0.1) is 5.56 Å². The minimum absolute atomic E-state index is 0.215. The summed E-state index contributed by atoms with van der Waals surface area (Å²) < 4.78 is 2.47. The first-order valence-electron chi connectivity index (χ1n) is 6.75. The maximum Gasteiger partial charge on any atom is 0.213 e. The highest BCUT2D eigenvalue weighted by Crippen LogP contribution is 2.34. The van der Waals surface area contributed by atoms with Gasteiger partial charge in [0.1, 0.15) is 0 Å². The summed E-state index contributed by atoms with van der Waals surface area (Å²) in [4.78, 5) is 4.30. The van der Waals surface area contributed by atoms with Gasteiger partial charge in [-0.2, -0.15) is 4.57 Å². The summed E-state index contributed by atoms with van der Waals surface area (Å²) in [6, 6.07) is 8.61. The molecular weight excluding hydrogens is 220 g/mol. The molecule has 1 aliphatic heterocycles. The third kappa shape index (κ3) is 1.48. The van der Waals surface area contributed by atoms with Gasteiger partial charge in [-0.15, -0.1) is 0 Å². The lowest BCUT2D eigenvalue weighted by Crippen LogP contribution is -2.60. The second kappa shape index (κ2) is 4.20. The summed E-state index contributed by atoms with van der Waals surface area (Å²) in [5.74, 6) is 0. The molecule has 2 aromatic rings. The molecule has 1 aliphatic rings. The number of aromatic nitrogens is 2. The van der Waals surface area contributed by atoms with Crippen LogP contribution in [0.5, 0.6) is 0 Å². The van der Waals surface area contributed by atoms with E-state index >= 15 is 0 Å². The van der Waals surface area contributed by atoms with E-state index in [1.807, 2.05) is 12.4 Å². The normalized spacial score (nSPS) is 15.9. The molecule has 0 radical (unpaired) electrons. The van der Waals surface area contributed by atoms with Gasteiger partial charge in [0.25, 0.3) is 0 Å². The van der Waals surface area contributed by atoms with Crippen LogP contribution in [0.1, 0.15) is 32.3 Å². The van der Waals surface area contributed by atoms with Gasteiger partial charge < -0.3 is 0 Å². The van der Waals surface area contributed by atoms with Crippen molar-refractivity contribution in [2.24, 2.45) is 0 Å². The quantitative estimate of drug-likeness (QED) is 0.736. The zero-order valence-electron chi connectivity index (χ0n) is 11.1. The van der Waals surface area contributed by atoms with Crippen molar-refractivity contribution in [1.29, 1.82) is 0 Å². The molecule has 3 rings (SSSR count). The molecule has 0 fully saturated rings. The van der Waals surface area contributed by atoms with Crippen molar-refractivity contribution >= 4 is 0 Å². The average Bonchev–Trinajstić information content (AvgIpc) is 2.46. The number of fused-ring (bicyclic) bond motifs is 3. The van der Waals surface area contributed by atoms with Gasteiger partial charge in [-0.3, -0.25) is 4.98 Å². The molecule has 0 aliphatic carbocycles. The number of hydrogen-bond acceptors (Lipinski definition) is 1. The van der Waals surface area contributed by atoms with Gasteiger partial charge in [-0.25, -0.2) is 0 Å². The molecule has 0 spiro atoms. The topological polar surface area (TPSA) is 16.8 Å². The van der Waals surface area contributed by atoms with Crippen LogP contribution >= 0.6 is 0 Å². The van der Waals surface area contributed by atoms with Gasteiger partial charge in [0, 0.05) is 43.8 Å². The van der Waals surface area contributed by atoms with Crippen molar-refractivity contribution in [3.8, 4) is 11.3 Å². The van der Waals surface area contributed by atoms with Gasteiger partial charge in [0.15, 0.2) is 11.7 Å². The fraction of sp³-hybridized carbons (Fsp3) is 0.375. The highest BCUT2D eigenvalue weighted by molar-refractivity contribution is 5.61. The predicted molar refractivity (Wildman–Crippen MR) is 72.1 cm³/mol. The molecule has 2 aromatic heterocycles. The molecule has 0 aromatic carbocycles. The minimum atomic E-state index is 0.215. The molecular formula is C16H19N2+. The summed E-state index contributed by atoms with van der Waals surface area (Å²) in [5, 5.41) is 0. The molecule has 92 valence electrons. The van der Waals surface area contributed by atoms with Crippen LogP contribution in [0.25, 0.3) is 11.3 Å². The maximum absolute atomic E-state index is 4.30. The van der Waals surface area contributed by atoms with Crippen molar-refractivity contribution in [2.75, 3.05) is 0 Å². The molecule has 0 N–H and O–H groups in total. The Morgan fingerprint density at radius 2 is 2.06 bits per heavy atom. The molecule has 2 heteroatoms. The van der Waals surface area contributed by atoms with E-state index in [0.717, 1.165) is 19.3 Å². The summed E-state index contributed by atoms with van der Waals surface area (Å²) in [6.07, 6.45) is 9.54. The van der Waals surface area contributed by atoms with Crippen molar-refractivity contribution in [1.82, 2.24) is 4.98 Å². The number of nitrogens with zero attached hydrogens (tertiary/aromatic N) is 2. The highest BCUT2D eigenvalue weighted by atomic mass is 15.1. The molecule has 2 nitrogen and oxygen atoms in total. The predicted octanol–water partition coefficient (Wildman–Crippen LogP) is 3.11. The van der Waals surface area contributed by atoms with Crippen LogP contribution in [-0.2, 0) is 12.0 Å². The van der Waals surface area contributed by atoms with Crippen molar-refractivity contribution in [2.45, 2.75) is 38.6 Å². The summed E-state index contributed by atoms with van der Waals surface area (Å²) >= 11 is 0. The van der Waals surface area contributed by atoms with E-state index in [1.54, 1.807) is 0 Å². The zero-order chi connectivity index (χ0) is 12.6. The largest absolute Gasteiger partial charge is 0.264 e. The summed E-state index contributed by atoms with van der Waals surface area (Å²) in [5.41, 5.74) is 4.26. The Morgan fingerprint density at radius 1 is 1.22 bits per heavy atom. The Labute approximate surface area is 108 Å². The van der Waals surface area contributed by atoms with E-state index in [0.29, 0.717) is 0 Å². The lowest BCUT2D eigenvalue weighted by atomic mass is 9.80. The molecule has 0 atom stereocenters. The van der Waals surface area contributed by atoms with Crippen LogP contribution in [-0.4, -0.2) is 4.98 Å². The van der Waals surface area contributed by atoms with Gasteiger partial charge >= 0.3 is 0 Å². The van der Waals surface area contributed by atoms with E-state index in [2.05, 4.69) is 53.9 Å². The van der Waals surface area contributed by atoms with Gasteiger partial charge in [-0.1, -0.05) is 13.8 Å². The molecule has 0 saturated carbocycles. The molecule has 0 unspecified atom stereocenters. The van der Waals surface area contributed by atoms with Crippen molar-refractivity contribution in [3.63, 3.8) is 0 Å². The van der Waals surface area contributed by atoms with Crippen LogP contribution in [0.4, 0.5) is 0 Å². The van der Waals surface area contributed by atoms with E-state index in [1.165, 1.54) is 16.8 Å². The first-order valence-corrected chi connectivity index (χ1v) is 6.75. The van der Waals surface area contributed by atoms with Gasteiger partial charge in [-0.05, 0) is 17.7 Å². The SMILES string of the molecule is CCC1(CC)Cc2cnccc2-c2cccc[n+]21. The number of hydrogen-bond donors (Lipinski definition) is 0. The van der Waals surface area contributed by atoms with Crippen molar-refractivity contribution in [3.05, 3.63) is 48.4 Å². The zero-order valence-corrected chi connectivity index (χ0v) is 11.1. The number of rotatable bonds is 2. The second-order valence-corrected chi connectivity index (χ2v) is 5.10. The van der Waals surface area contributed by atoms with E-state index < -0.39 is 0 Å². The van der Waals surface area contributed by atoms with Crippen LogP contribution in [0, 0.1) is 0 Å². The van der Waals surface area contributed by atoms with E-state index in [-0.39, 0.29) is 5.54 Å². The fourth-order valence-electron chi connectivity index (χ4n) is 3.17. The molecule has 0 saturated heterocycles. The van der Waals surface area contributed by atoms with E-state index in [4.69, 9.17) is 0 Å². The standard InChI is InChI=1S/C16H19N2/c1-3-16(4-2)11-13-12-17-9-8-14(13)15-7-5-6-10-18(15)16/h5-10,12H,3-4,11H2,1-2H3/q+1. The third-order valence-corrected chi connectivity index (χ3v) is 4.39. The van der Waals surface area contributed by atoms with Gasteiger partial charge in [0.2, 0.25) is 5.69 Å². The highest BCUT2D eigenvalue weighted by Gasteiger charge is 2.43. The Kier molecular flexibility index (Phi) is 2.66. The molecule has 18 heavy (non-hydrogen) atoms. The lowest BCUT2D eigenvalue weighted by Gasteiger charge is -2.32. The maximum atomic E-state index is 4.30. The number of pyridine rings is 2. The van der Waals surface area contributed by atoms with Crippen LogP contribution in [0.2, 0.25) is 0 Å². The van der Waals surface area contributed by atoms with E-state index in [9.17, 15) is 0 Å². The Morgan fingerprint density at radius 3 is 2.83 bits per heavy atom. The van der Waals surface area contributed by atoms with Crippen LogP contribution < -0.4 is 4.57 Å². The van der Waals surface area contributed by atoms with Crippen LogP contribution in [0.15, 0.2) is 42.9 Å². The van der Waals surface area contributed by atoms with Crippen molar-refractivity contribution < 1.29 is 4.57 Å². The molecule has 0 amide bonds. The molecule has 0 bridgehead atoms. The second-order valence-electron chi connectivity index (χ2n) is 5.10. The summed E-state index contributed by atoms with van der Waals surface area (Å²) in [7, 11) is 0. The minimum Gasteiger partial charge on any atom is -0.264 e. The third-order valence-electron chi connectivity index (χ3n) is 4.39. The Hall–Kier alpha value is -1.70.